The molecule has 2 rings (SSSR count). The van der Waals surface area contributed by atoms with Gasteiger partial charge >= 0.3 is 0 Å². The molecule has 1 aromatic rings. The van der Waals surface area contributed by atoms with E-state index in [0.717, 1.165) is 31.6 Å². The highest BCUT2D eigenvalue weighted by Gasteiger charge is 2.30. The number of likely N-dealkylation sites (tertiary alicyclic amines) is 1. The summed E-state index contributed by atoms with van der Waals surface area (Å²) in [6, 6.07) is 7.53. The molecule has 1 aliphatic rings. The second kappa shape index (κ2) is 6.33. The Morgan fingerprint density at radius 2 is 1.95 bits per heavy atom. The standard InChI is InChI=1S/C15H23N3O2/c1-12-10-17(11-15(12)16(2)3)9-8-13-4-6-14(7-5-13)18(19)20/h4-7,12,15H,8-11H2,1-3H3/t12-,15+/m1/s1. The van der Waals surface area contributed by atoms with Crippen molar-refractivity contribution < 1.29 is 4.92 Å². The average molecular weight is 277 g/mol. The van der Waals surface area contributed by atoms with Crippen molar-refractivity contribution in [3.63, 3.8) is 0 Å². The van der Waals surface area contributed by atoms with E-state index < -0.39 is 0 Å². The van der Waals surface area contributed by atoms with E-state index in [1.165, 1.54) is 0 Å². The molecule has 1 saturated heterocycles. The minimum Gasteiger partial charge on any atom is -0.305 e. The predicted molar refractivity (Wildman–Crippen MR) is 79.9 cm³/mol. The topological polar surface area (TPSA) is 49.6 Å². The van der Waals surface area contributed by atoms with Gasteiger partial charge in [-0.2, -0.15) is 0 Å². The van der Waals surface area contributed by atoms with Crippen molar-refractivity contribution in [1.29, 1.82) is 0 Å². The van der Waals surface area contributed by atoms with E-state index in [-0.39, 0.29) is 10.6 Å². The van der Waals surface area contributed by atoms with Crippen LogP contribution in [-0.2, 0) is 6.42 Å². The quantitative estimate of drug-likeness (QED) is 0.610. The van der Waals surface area contributed by atoms with Crippen LogP contribution in [0.5, 0.6) is 0 Å². The molecule has 0 bridgehead atoms. The van der Waals surface area contributed by atoms with Gasteiger partial charge < -0.3 is 9.80 Å². The summed E-state index contributed by atoms with van der Waals surface area (Å²) >= 11 is 0. The van der Waals surface area contributed by atoms with Crippen molar-refractivity contribution in [2.75, 3.05) is 33.7 Å². The maximum atomic E-state index is 10.6. The van der Waals surface area contributed by atoms with Gasteiger partial charge in [0.05, 0.1) is 4.92 Å². The van der Waals surface area contributed by atoms with E-state index in [0.29, 0.717) is 12.0 Å². The molecule has 1 aromatic carbocycles. The third-order valence-corrected chi connectivity index (χ3v) is 4.18. The molecule has 1 aliphatic heterocycles. The van der Waals surface area contributed by atoms with Crippen LogP contribution in [0.1, 0.15) is 12.5 Å². The van der Waals surface area contributed by atoms with E-state index in [9.17, 15) is 10.1 Å². The Kier molecular flexibility index (Phi) is 4.73. The number of rotatable bonds is 5. The number of likely N-dealkylation sites (N-methyl/N-ethyl adjacent to an activating group) is 1. The first kappa shape index (κ1) is 14.9. The molecular formula is C15H23N3O2. The Hall–Kier alpha value is -1.46. The second-order valence-corrected chi connectivity index (χ2v) is 5.94. The molecule has 0 amide bonds. The molecule has 0 saturated carbocycles. The Morgan fingerprint density at radius 3 is 2.45 bits per heavy atom. The van der Waals surface area contributed by atoms with Gasteiger partial charge in [-0.1, -0.05) is 19.1 Å². The Balaban J connectivity index is 1.85. The fraction of sp³-hybridized carbons (Fsp3) is 0.600. The van der Waals surface area contributed by atoms with Gasteiger partial charge in [0.15, 0.2) is 0 Å². The SMILES string of the molecule is C[C@@H]1CN(CCc2ccc([N+](=O)[O-])cc2)C[C@@H]1N(C)C. The zero-order valence-corrected chi connectivity index (χ0v) is 12.5. The van der Waals surface area contributed by atoms with Crippen molar-refractivity contribution in [2.45, 2.75) is 19.4 Å². The summed E-state index contributed by atoms with van der Waals surface area (Å²) in [5, 5.41) is 10.6. The van der Waals surface area contributed by atoms with E-state index in [1.54, 1.807) is 12.1 Å². The number of nitro benzene ring substituents is 1. The largest absolute Gasteiger partial charge is 0.305 e. The van der Waals surface area contributed by atoms with Crippen molar-refractivity contribution in [3.8, 4) is 0 Å². The minimum atomic E-state index is -0.354. The zero-order chi connectivity index (χ0) is 14.7. The summed E-state index contributed by atoms with van der Waals surface area (Å²) in [7, 11) is 4.28. The maximum Gasteiger partial charge on any atom is 0.269 e. The molecule has 1 fully saturated rings. The van der Waals surface area contributed by atoms with Crippen LogP contribution in [0.4, 0.5) is 5.69 Å². The average Bonchev–Trinajstić information content (AvgIpc) is 2.78. The lowest BCUT2D eigenvalue weighted by molar-refractivity contribution is -0.384. The summed E-state index contributed by atoms with van der Waals surface area (Å²) in [6.07, 6.45) is 0.949. The molecule has 5 heteroatoms. The molecule has 1 heterocycles. The lowest BCUT2D eigenvalue weighted by atomic mass is 10.1. The molecule has 2 atom stereocenters. The summed E-state index contributed by atoms with van der Waals surface area (Å²) in [5.41, 5.74) is 1.33. The molecule has 0 unspecified atom stereocenters. The molecular weight excluding hydrogens is 254 g/mol. The minimum absolute atomic E-state index is 0.163. The Morgan fingerprint density at radius 1 is 1.30 bits per heavy atom. The summed E-state index contributed by atoms with van der Waals surface area (Å²) in [4.78, 5) is 15.0. The molecule has 0 N–H and O–H groups in total. The maximum absolute atomic E-state index is 10.6. The smallest absolute Gasteiger partial charge is 0.269 e. The Bertz CT molecular complexity index is 459. The molecule has 0 spiro atoms. The molecule has 5 nitrogen and oxygen atoms in total. The Labute approximate surface area is 120 Å². The first-order valence-electron chi connectivity index (χ1n) is 7.09. The van der Waals surface area contributed by atoms with Crippen LogP contribution < -0.4 is 0 Å². The summed E-state index contributed by atoms with van der Waals surface area (Å²) in [5.74, 6) is 0.696. The van der Waals surface area contributed by atoms with Gasteiger partial charge in [-0.3, -0.25) is 10.1 Å². The number of non-ortho nitro benzene ring substituents is 1. The van der Waals surface area contributed by atoms with Crippen LogP contribution in [-0.4, -0.2) is 54.5 Å². The van der Waals surface area contributed by atoms with E-state index in [1.807, 2.05) is 12.1 Å². The first-order valence-corrected chi connectivity index (χ1v) is 7.09. The number of benzene rings is 1. The monoisotopic (exact) mass is 277 g/mol. The van der Waals surface area contributed by atoms with E-state index >= 15 is 0 Å². The highest BCUT2D eigenvalue weighted by atomic mass is 16.6. The number of hydrogen-bond acceptors (Lipinski definition) is 4. The van der Waals surface area contributed by atoms with Crippen LogP contribution in [0.2, 0.25) is 0 Å². The van der Waals surface area contributed by atoms with Crippen LogP contribution in [0.25, 0.3) is 0 Å². The third kappa shape index (κ3) is 3.55. The van der Waals surface area contributed by atoms with Gasteiger partial charge in [0.1, 0.15) is 0 Å². The molecule has 0 aromatic heterocycles. The first-order chi connectivity index (χ1) is 9.47. The third-order valence-electron chi connectivity index (χ3n) is 4.18. The van der Waals surface area contributed by atoms with Gasteiger partial charge in [0.25, 0.3) is 5.69 Å². The van der Waals surface area contributed by atoms with Crippen LogP contribution in [0, 0.1) is 16.0 Å². The van der Waals surface area contributed by atoms with Crippen molar-refractivity contribution in [3.05, 3.63) is 39.9 Å². The number of hydrogen-bond donors (Lipinski definition) is 0. The lowest BCUT2D eigenvalue weighted by Gasteiger charge is -2.22. The van der Waals surface area contributed by atoms with Crippen LogP contribution in [0.15, 0.2) is 24.3 Å². The van der Waals surface area contributed by atoms with Crippen LogP contribution >= 0.6 is 0 Å². The van der Waals surface area contributed by atoms with Gasteiger partial charge in [-0.25, -0.2) is 0 Å². The van der Waals surface area contributed by atoms with Gasteiger partial charge in [-0.05, 0) is 32.0 Å². The normalized spacial score (nSPS) is 23.4. The van der Waals surface area contributed by atoms with Crippen LogP contribution in [0.3, 0.4) is 0 Å². The summed E-state index contributed by atoms with van der Waals surface area (Å²) in [6.45, 7) is 5.57. The van der Waals surface area contributed by atoms with Crippen molar-refractivity contribution in [2.24, 2.45) is 5.92 Å². The molecule has 0 aliphatic carbocycles. The second-order valence-electron chi connectivity index (χ2n) is 5.94. The van der Waals surface area contributed by atoms with E-state index in [2.05, 4.69) is 30.8 Å². The van der Waals surface area contributed by atoms with Gasteiger partial charge in [-0.15, -0.1) is 0 Å². The highest BCUT2D eigenvalue weighted by Crippen LogP contribution is 2.20. The zero-order valence-electron chi connectivity index (χ0n) is 12.5. The summed E-state index contributed by atoms with van der Waals surface area (Å²) < 4.78 is 0. The fourth-order valence-electron chi connectivity index (χ4n) is 2.97. The fourth-order valence-corrected chi connectivity index (χ4v) is 2.97. The molecule has 0 radical (unpaired) electrons. The van der Waals surface area contributed by atoms with Crippen molar-refractivity contribution in [1.82, 2.24) is 9.80 Å². The van der Waals surface area contributed by atoms with E-state index in [4.69, 9.17) is 0 Å². The number of nitro groups is 1. The predicted octanol–water partition coefficient (Wildman–Crippen LogP) is 2.02. The van der Waals surface area contributed by atoms with Gasteiger partial charge in [0, 0.05) is 37.8 Å². The molecule has 110 valence electrons. The highest BCUT2D eigenvalue weighted by molar-refractivity contribution is 5.32. The van der Waals surface area contributed by atoms with Crippen molar-refractivity contribution >= 4 is 5.69 Å². The number of nitrogens with zero attached hydrogens (tertiary/aromatic N) is 3. The molecule has 20 heavy (non-hydrogen) atoms. The van der Waals surface area contributed by atoms with Gasteiger partial charge in [0.2, 0.25) is 0 Å². The lowest BCUT2D eigenvalue weighted by Crippen LogP contribution is -2.34.